The molecule has 4 heteroatoms. The van der Waals surface area contributed by atoms with Crippen molar-refractivity contribution in [2.75, 3.05) is 27.7 Å². The number of halogens is 1. The zero-order valence-corrected chi connectivity index (χ0v) is 9.74. The van der Waals surface area contributed by atoms with E-state index in [4.69, 9.17) is 0 Å². The van der Waals surface area contributed by atoms with Crippen LogP contribution in [-0.2, 0) is 4.74 Å². The molecule has 1 aromatic carbocycles. The smallest absolute Gasteiger partial charge is 0.337 e. The van der Waals surface area contributed by atoms with Gasteiger partial charge in [0.25, 0.3) is 0 Å². The van der Waals surface area contributed by atoms with Crippen molar-refractivity contribution in [3.05, 3.63) is 35.4 Å². The molecule has 0 aromatic heterocycles. The van der Waals surface area contributed by atoms with Gasteiger partial charge in [0, 0.05) is 6.54 Å². The van der Waals surface area contributed by atoms with Crippen LogP contribution in [0.25, 0.3) is 0 Å². The van der Waals surface area contributed by atoms with E-state index in [2.05, 4.69) is 4.74 Å². The number of carbonyl (C=O) groups is 1. The molecular weight excluding hydrogens is 209 g/mol. The van der Waals surface area contributed by atoms with Crippen molar-refractivity contribution in [3.8, 4) is 0 Å². The van der Waals surface area contributed by atoms with Gasteiger partial charge in [-0.15, -0.1) is 0 Å². The fourth-order valence-corrected chi connectivity index (χ4v) is 1.40. The molecule has 0 radical (unpaired) electrons. The van der Waals surface area contributed by atoms with Gasteiger partial charge in [-0.3, -0.25) is 0 Å². The number of esters is 1. The van der Waals surface area contributed by atoms with Crippen LogP contribution >= 0.6 is 0 Å². The summed E-state index contributed by atoms with van der Waals surface area (Å²) < 4.78 is 18.3. The summed E-state index contributed by atoms with van der Waals surface area (Å²) in [5, 5.41) is 0. The quantitative estimate of drug-likeness (QED) is 0.734. The molecule has 1 rings (SSSR count). The average Bonchev–Trinajstić information content (AvgIpc) is 2.27. The monoisotopic (exact) mass is 225 g/mol. The summed E-state index contributed by atoms with van der Waals surface area (Å²) in [7, 11) is 4.91. The van der Waals surface area contributed by atoms with Gasteiger partial charge < -0.3 is 9.64 Å². The number of methoxy groups -OCH3 is 1. The first-order valence-electron chi connectivity index (χ1n) is 5.01. The second kappa shape index (κ2) is 5.61. The summed E-state index contributed by atoms with van der Waals surface area (Å²) in [6.07, 6.45) is -1.10. The zero-order chi connectivity index (χ0) is 12.1. The Morgan fingerprint density at radius 2 is 2.19 bits per heavy atom. The molecule has 0 aliphatic rings. The van der Waals surface area contributed by atoms with Crippen LogP contribution in [0, 0.1) is 0 Å². The summed E-state index contributed by atoms with van der Waals surface area (Å²) in [6, 6.07) is 6.46. The minimum absolute atomic E-state index is 0.296. The molecule has 0 aliphatic carbocycles. The molecular formula is C12H16FNO2. The molecule has 0 bridgehead atoms. The lowest BCUT2D eigenvalue weighted by Gasteiger charge is -2.14. The molecule has 1 unspecified atom stereocenters. The Balaban J connectivity index is 2.85. The molecule has 1 aromatic rings. The minimum Gasteiger partial charge on any atom is -0.465 e. The number of alkyl halides is 1. The minimum atomic E-state index is -1.10. The lowest BCUT2D eigenvalue weighted by molar-refractivity contribution is 0.0600. The van der Waals surface area contributed by atoms with Gasteiger partial charge in [-0.05, 0) is 31.8 Å². The van der Waals surface area contributed by atoms with Gasteiger partial charge in [0.1, 0.15) is 6.17 Å². The van der Waals surface area contributed by atoms with Gasteiger partial charge in [0.2, 0.25) is 0 Å². The fourth-order valence-electron chi connectivity index (χ4n) is 1.40. The highest BCUT2D eigenvalue weighted by Gasteiger charge is 2.13. The molecule has 0 heterocycles. The van der Waals surface area contributed by atoms with Crippen LogP contribution in [0.3, 0.4) is 0 Å². The summed E-state index contributed by atoms with van der Waals surface area (Å²) in [5.74, 6) is -0.445. The highest BCUT2D eigenvalue weighted by atomic mass is 19.1. The molecule has 3 nitrogen and oxygen atoms in total. The number of hydrogen-bond donors (Lipinski definition) is 0. The number of benzene rings is 1. The van der Waals surface area contributed by atoms with Crippen LogP contribution in [0.2, 0.25) is 0 Å². The third-order valence-electron chi connectivity index (χ3n) is 2.19. The Hall–Kier alpha value is -1.42. The number of hydrogen-bond acceptors (Lipinski definition) is 3. The predicted octanol–water partition coefficient (Wildman–Crippen LogP) is 2.05. The third kappa shape index (κ3) is 3.31. The Labute approximate surface area is 94.8 Å². The molecule has 16 heavy (non-hydrogen) atoms. The summed E-state index contributed by atoms with van der Waals surface area (Å²) >= 11 is 0. The molecule has 0 N–H and O–H groups in total. The maximum Gasteiger partial charge on any atom is 0.337 e. The van der Waals surface area contributed by atoms with E-state index in [-0.39, 0.29) is 0 Å². The standard InChI is InChI=1S/C12H16FNO2/c1-14(2)8-11(13)9-5-4-6-10(7-9)12(15)16-3/h4-7,11H,8H2,1-3H3. The van der Waals surface area contributed by atoms with Crippen molar-refractivity contribution in [3.63, 3.8) is 0 Å². The number of carbonyl (C=O) groups excluding carboxylic acids is 1. The largest absolute Gasteiger partial charge is 0.465 e. The zero-order valence-electron chi connectivity index (χ0n) is 9.74. The van der Waals surface area contributed by atoms with E-state index in [1.54, 1.807) is 37.2 Å². The molecule has 0 aliphatic heterocycles. The SMILES string of the molecule is COC(=O)c1cccc(C(F)CN(C)C)c1. The topological polar surface area (TPSA) is 29.5 Å². The van der Waals surface area contributed by atoms with Gasteiger partial charge in [0.15, 0.2) is 0 Å². The van der Waals surface area contributed by atoms with E-state index in [0.29, 0.717) is 17.7 Å². The van der Waals surface area contributed by atoms with Crippen LogP contribution in [0.15, 0.2) is 24.3 Å². The van der Waals surface area contributed by atoms with Crippen molar-refractivity contribution < 1.29 is 13.9 Å². The fraction of sp³-hybridized carbons (Fsp3) is 0.417. The van der Waals surface area contributed by atoms with Crippen molar-refractivity contribution in [1.82, 2.24) is 4.90 Å². The first-order chi connectivity index (χ1) is 7.54. The summed E-state index contributed by atoms with van der Waals surface area (Å²) in [4.78, 5) is 13.0. The third-order valence-corrected chi connectivity index (χ3v) is 2.19. The normalized spacial score (nSPS) is 12.6. The average molecular weight is 225 g/mol. The Morgan fingerprint density at radius 3 is 2.75 bits per heavy atom. The molecule has 0 spiro atoms. The number of nitrogens with zero attached hydrogens (tertiary/aromatic N) is 1. The van der Waals surface area contributed by atoms with Gasteiger partial charge in [-0.1, -0.05) is 12.1 Å². The molecule has 1 atom stereocenters. The van der Waals surface area contributed by atoms with E-state index in [9.17, 15) is 9.18 Å². The van der Waals surface area contributed by atoms with Crippen molar-refractivity contribution >= 4 is 5.97 Å². The maximum atomic E-state index is 13.7. The van der Waals surface area contributed by atoms with Crippen molar-refractivity contribution in [2.24, 2.45) is 0 Å². The van der Waals surface area contributed by atoms with Crippen LogP contribution < -0.4 is 0 Å². The van der Waals surface area contributed by atoms with Crippen LogP contribution in [0.4, 0.5) is 4.39 Å². The second-order valence-electron chi connectivity index (χ2n) is 3.85. The first-order valence-corrected chi connectivity index (χ1v) is 5.01. The van der Waals surface area contributed by atoms with E-state index in [1.807, 2.05) is 0 Å². The molecule has 0 amide bonds. The van der Waals surface area contributed by atoms with Gasteiger partial charge >= 0.3 is 5.97 Å². The van der Waals surface area contributed by atoms with Gasteiger partial charge in [-0.2, -0.15) is 0 Å². The molecule has 88 valence electrons. The van der Waals surface area contributed by atoms with E-state index >= 15 is 0 Å². The second-order valence-corrected chi connectivity index (χ2v) is 3.85. The van der Waals surface area contributed by atoms with Gasteiger partial charge in [0.05, 0.1) is 12.7 Å². The van der Waals surface area contributed by atoms with E-state index in [0.717, 1.165) is 0 Å². The van der Waals surface area contributed by atoms with E-state index < -0.39 is 12.1 Å². The lowest BCUT2D eigenvalue weighted by atomic mass is 10.1. The highest BCUT2D eigenvalue weighted by molar-refractivity contribution is 5.89. The van der Waals surface area contributed by atoms with Gasteiger partial charge in [-0.25, -0.2) is 9.18 Å². The Kier molecular flexibility index (Phi) is 4.43. The molecule has 0 saturated heterocycles. The summed E-state index contributed by atoms with van der Waals surface area (Å²) in [6.45, 7) is 0.296. The number of rotatable bonds is 4. The lowest BCUT2D eigenvalue weighted by Crippen LogP contribution is -2.18. The number of likely N-dealkylation sites (N-methyl/N-ethyl adjacent to an activating group) is 1. The van der Waals surface area contributed by atoms with Crippen LogP contribution in [-0.4, -0.2) is 38.6 Å². The Bertz CT molecular complexity index is 366. The molecule has 0 saturated carbocycles. The highest BCUT2D eigenvalue weighted by Crippen LogP contribution is 2.19. The van der Waals surface area contributed by atoms with E-state index in [1.165, 1.54) is 13.2 Å². The summed E-state index contributed by atoms with van der Waals surface area (Å²) in [5.41, 5.74) is 0.873. The predicted molar refractivity (Wildman–Crippen MR) is 60.2 cm³/mol. The number of ether oxygens (including phenoxy) is 1. The maximum absolute atomic E-state index is 13.7. The van der Waals surface area contributed by atoms with Crippen molar-refractivity contribution in [1.29, 1.82) is 0 Å². The Morgan fingerprint density at radius 1 is 1.50 bits per heavy atom. The van der Waals surface area contributed by atoms with Crippen LogP contribution in [0.5, 0.6) is 0 Å². The van der Waals surface area contributed by atoms with Crippen LogP contribution in [0.1, 0.15) is 22.1 Å². The molecule has 0 fully saturated rings. The van der Waals surface area contributed by atoms with Crippen molar-refractivity contribution in [2.45, 2.75) is 6.17 Å². The first kappa shape index (κ1) is 12.6.